The van der Waals surface area contributed by atoms with Crippen LogP contribution in [0.4, 0.5) is 0 Å². The van der Waals surface area contributed by atoms with Crippen molar-refractivity contribution in [2.24, 2.45) is 11.8 Å². The van der Waals surface area contributed by atoms with Gasteiger partial charge in [-0.15, -0.1) is 0 Å². The molecular formula is C19H29NO3. The Morgan fingerprint density at radius 3 is 2.96 bits per heavy atom. The number of piperidine rings is 1. The number of hydrogen-bond donors (Lipinski definition) is 1. The van der Waals surface area contributed by atoms with Crippen LogP contribution in [0.1, 0.15) is 63.0 Å². The Balaban J connectivity index is 2.56. The van der Waals surface area contributed by atoms with Crippen molar-refractivity contribution in [1.29, 1.82) is 0 Å². The van der Waals surface area contributed by atoms with Crippen LogP contribution in [0.25, 0.3) is 0 Å². The molecule has 0 bridgehead atoms. The predicted molar refractivity (Wildman–Crippen MR) is 91.1 cm³/mol. The molecule has 1 aromatic rings. The topological polar surface area (TPSA) is 41.9 Å². The Kier molecular flexibility index (Phi) is 1.91. The van der Waals surface area contributed by atoms with E-state index in [4.69, 9.17) is 27.3 Å². The third-order valence-corrected chi connectivity index (χ3v) is 3.64. The summed E-state index contributed by atoms with van der Waals surface area (Å²) in [6.45, 7) is -1.03. The lowest BCUT2D eigenvalue weighted by atomic mass is 9.79. The van der Waals surface area contributed by atoms with E-state index < -0.39 is 91.4 Å². The summed E-state index contributed by atoms with van der Waals surface area (Å²) in [6.07, 6.45) is -10.5. The summed E-state index contributed by atoms with van der Waals surface area (Å²) in [5, 5.41) is 11.2. The number of methoxy groups -OCH3 is 2. The molecule has 0 saturated carbocycles. The Labute approximate surface area is 159 Å². The molecule has 3 rings (SSSR count). The van der Waals surface area contributed by atoms with Crippen molar-refractivity contribution >= 4 is 0 Å². The van der Waals surface area contributed by atoms with E-state index in [1.165, 1.54) is 0 Å². The van der Waals surface area contributed by atoms with E-state index in [1.807, 2.05) is 0 Å². The average molecular weight is 334 g/mol. The number of ether oxygens (including phenoxy) is 2. The van der Waals surface area contributed by atoms with Crippen LogP contribution >= 0.6 is 0 Å². The normalized spacial score (nSPS) is 53.1. The molecule has 1 fully saturated rings. The van der Waals surface area contributed by atoms with Crippen LogP contribution in [0.15, 0.2) is 12.1 Å². The van der Waals surface area contributed by atoms with Gasteiger partial charge in [0.1, 0.15) is 0 Å². The first kappa shape index (κ1) is 6.57. The van der Waals surface area contributed by atoms with Crippen LogP contribution in [0, 0.1) is 11.8 Å². The fourth-order valence-electron chi connectivity index (χ4n) is 2.64. The number of fused-ring (bicyclic) bond motifs is 3. The highest BCUT2D eigenvalue weighted by atomic mass is 16.5. The summed E-state index contributed by atoms with van der Waals surface area (Å²) in [4.78, 5) is 0.351. The van der Waals surface area contributed by atoms with E-state index in [2.05, 4.69) is 0 Å². The third-order valence-electron chi connectivity index (χ3n) is 3.64. The van der Waals surface area contributed by atoms with Crippen molar-refractivity contribution in [1.82, 2.24) is 4.90 Å². The minimum atomic E-state index is -3.58. The monoisotopic (exact) mass is 333 g/mol. The number of rotatable bonds is 4. The van der Waals surface area contributed by atoms with Crippen LogP contribution in [0.5, 0.6) is 11.5 Å². The number of hydrogen-bond acceptors (Lipinski definition) is 4. The first-order valence-electron chi connectivity index (χ1n) is 14.3. The number of nitrogens with zero attached hydrogens (tertiary/aromatic N) is 1. The van der Waals surface area contributed by atoms with Gasteiger partial charge in [0.25, 0.3) is 0 Å². The second-order valence-corrected chi connectivity index (χ2v) is 5.81. The van der Waals surface area contributed by atoms with Gasteiger partial charge < -0.3 is 14.6 Å². The Morgan fingerprint density at radius 1 is 1.48 bits per heavy atom. The van der Waals surface area contributed by atoms with Crippen molar-refractivity contribution < 1.29 is 33.8 Å². The lowest BCUT2D eigenvalue weighted by Crippen LogP contribution is -2.48. The van der Waals surface area contributed by atoms with Crippen LogP contribution in [-0.2, 0) is 6.37 Å². The Hall–Kier alpha value is -1.26. The fourth-order valence-corrected chi connectivity index (χ4v) is 2.64. The zero-order valence-electron chi connectivity index (χ0n) is 27.2. The number of benzene rings is 1. The maximum atomic E-state index is 11.2. The molecule has 0 aromatic heterocycles. The summed E-state index contributed by atoms with van der Waals surface area (Å²) in [6, 6.07) is -5.34. The first-order chi connectivity index (χ1) is 16.4. The van der Waals surface area contributed by atoms with Gasteiger partial charge in [0.2, 0.25) is 0 Å². The minimum absolute atomic E-state index is 0.321. The number of aliphatic hydroxyl groups is 1. The highest BCUT2D eigenvalue weighted by Crippen LogP contribution is 2.43. The van der Waals surface area contributed by atoms with E-state index in [9.17, 15) is 6.48 Å². The van der Waals surface area contributed by atoms with E-state index in [1.54, 1.807) is 13.8 Å². The molecule has 0 aliphatic carbocycles. The molecule has 2 aliphatic heterocycles. The highest BCUT2D eigenvalue weighted by Gasteiger charge is 2.38. The predicted octanol–water partition coefficient (Wildman–Crippen LogP) is 3.03. The van der Waals surface area contributed by atoms with E-state index >= 15 is 0 Å². The molecule has 1 aromatic carbocycles. The summed E-state index contributed by atoms with van der Waals surface area (Å²) >= 11 is 0. The van der Waals surface area contributed by atoms with E-state index in [0.29, 0.717) is 4.90 Å². The van der Waals surface area contributed by atoms with Gasteiger partial charge >= 0.3 is 0 Å². The second-order valence-electron chi connectivity index (χ2n) is 5.81. The van der Waals surface area contributed by atoms with Crippen molar-refractivity contribution in [3.8, 4) is 11.5 Å². The van der Waals surface area contributed by atoms with E-state index in [-0.39, 0.29) is 6.42 Å². The molecule has 1 saturated heterocycles. The lowest BCUT2D eigenvalue weighted by molar-refractivity contribution is -0.0191. The molecule has 4 heteroatoms. The van der Waals surface area contributed by atoms with Gasteiger partial charge in [-0.1, -0.05) is 13.8 Å². The Morgan fingerprint density at radius 2 is 2.26 bits per heavy atom. The molecule has 2 aliphatic rings. The minimum Gasteiger partial charge on any atom is -0.493 e. The van der Waals surface area contributed by atoms with Gasteiger partial charge in [0.15, 0.2) is 11.5 Å². The van der Waals surface area contributed by atoms with Crippen molar-refractivity contribution in [3.05, 3.63) is 23.2 Å². The van der Waals surface area contributed by atoms with Crippen LogP contribution in [-0.4, -0.2) is 43.3 Å². The molecule has 4 nitrogen and oxygen atoms in total. The summed E-state index contributed by atoms with van der Waals surface area (Å²) in [7, 11) is -2.24. The highest BCUT2D eigenvalue weighted by molar-refractivity contribution is 5.49. The molecule has 0 radical (unpaired) electrons. The molecule has 3 unspecified atom stereocenters. The van der Waals surface area contributed by atoms with Crippen molar-refractivity contribution in [3.63, 3.8) is 0 Å². The van der Waals surface area contributed by atoms with Gasteiger partial charge in [-0.05, 0) is 54.2 Å². The summed E-state index contributed by atoms with van der Waals surface area (Å²) in [5.41, 5.74) is -1.98. The molecule has 1 N–H and O–H groups in total. The lowest BCUT2D eigenvalue weighted by Gasteiger charge is -2.46. The van der Waals surface area contributed by atoms with Crippen LogP contribution in [0.3, 0.4) is 0 Å². The largest absolute Gasteiger partial charge is 0.493 e. The van der Waals surface area contributed by atoms with E-state index in [0.717, 1.165) is 7.11 Å². The van der Waals surface area contributed by atoms with Crippen molar-refractivity contribution in [2.45, 2.75) is 45.1 Å². The fraction of sp³-hybridized carbons (Fsp3) is 0.684. The molecule has 2 heterocycles. The zero-order valence-corrected chi connectivity index (χ0v) is 13.2. The Bertz CT molecular complexity index is 1100. The van der Waals surface area contributed by atoms with Gasteiger partial charge in [0, 0.05) is 28.7 Å². The van der Waals surface area contributed by atoms with Crippen molar-refractivity contribution in [2.75, 3.05) is 27.2 Å². The van der Waals surface area contributed by atoms with Gasteiger partial charge in [-0.3, -0.25) is 4.90 Å². The maximum Gasteiger partial charge on any atom is 0.161 e. The smallest absolute Gasteiger partial charge is 0.161 e. The van der Waals surface area contributed by atoms with Crippen LogP contribution < -0.4 is 9.47 Å². The maximum absolute atomic E-state index is 11.2. The van der Waals surface area contributed by atoms with Gasteiger partial charge in [-0.2, -0.15) is 0 Å². The molecule has 0 spiro atoms. The molecule has 0 amide bonds. The molecule has 128 valence electrons. The zero-order chi connectivity index (χ0) is 28.9. The quantitative estimate of drug-likeness (QED) is 0.920. The first-order valence-corrected chi connectivity index (χ1v) is 7.28. The molecular weight excluding hydrogens is 290 g/mol. The van der Waals surface area contributed by atoms with Gasteiger partial charge in [0.05, 0.1) is 29.8 Å². The SMILES string of the molecule is [2H]c1c(OC)c(OC([2H])([2H])[2H])c([2H])c2c1C([2H])([2H])C([2H])([2H])N1CC([2H])(CC(C)C)C([2H])(O)C([2H])([2H])C21[2H]. The summed E-state index contributed by atoms with van der Waals surface area (Å²) in [5.74, 6) is -4.53. The molecule has 23 heavy (non-hydrogen) atoms. The summed E-state index contributed by atoms with van der Waals surface area (Å²) < 4.78 is 128. The molecule has 3 atom stereocenters. The third kappa shape index (κ3) is 3.20. The average Bonchev–Trinajstić information content (AvgIpc) is 2.70. The standard InChI is InChI=1S/C19H29NO3/c1-12(2)7-14-11-20-6-5-13-8-18(22-3)19(23-4)9-15(13)16(20)10-17(14)21/h8-9,12,14,16-17,21H,5-7,10-11H2,1-4H3/i4D3,5D2,6D2,8D,9D,10D2,14D,16D,17D. The second kappa shape index (κ2) is 6.70. The van der Waals surface area contributed by atoms with Gasteiger partial charge in [-0.25, -0.2) is 0 Å². The van der Waals surface area contributed by atoms with Crippen LogP contribution in [0.2, 0.25) is 0 Å².